The summed E-state index contributed by atoms with van der Waals surface area (Å²) in [6.07, 6.45) is 5.65. The Balaban J connectivity index is 1.72. The van der Waals surface area contributed by atoms with Crippen LogP contribution in [0, 0.1) is 11.6 Å². The molecule has 0 atom stereocenters. The third-order valence-electron chi connectivity index (χ3n) is 4.61. The fraction of sp³-hybridized carbons (Fsp3) is 0.353. The van der Waals surface area contributed by atoms with Gasteiger partial charge in [-0.1, -0.05) is 24.1 Å². The summed E-state index contributed by atoms with van der Waals surface area (Å²) in [5.41, 5.74) is 1.57. The zero-order chi connectivity index (χ0) is 16.6. The van der Waals surface area contributed by atoms with Gasteiger partial charge < -0.3 is 4.52 Å². The van der Waals surface area contributed by atoms with E-state index in [0.717, 1.165) is 36.6 Å². The highest BCUT2D eigenvalue weighted by molar-refractivity contribution is 7.09. The smallest absolute Gasteiger partial charge is 0.231 e. The van der Waals surface area contributed by atoms with E-state index in [9.17, 15) is 8.78 Å². The van der Waals surface area contributed by atoms with Gasteiger partial charge in [0.15, 0.2) is 5.82 Å². The lowest BCUT2D eigenvalue weighted by atomic mass is 9.78. The number of nitrogens with zero attached hydrogens (tertiary/aromatic N) is 3. The number of rotatable bonds is 4. The van der Waals surface area contributed by atoms with E-state index in [4.69, 9.17) is 4.52 Å². The molecule has 0 radical (unpaired) electrons. The van der Waals surface area contributed by atoms with Crippen molar-refractivity contribution >= 4 is 11.3 Å². The summed E-state index contributed by atoms with van der Waals surface area (Å²) in [5.74, 6) is -0.151. The Labute approximate surface area is 141 Å². The molecule has 4 nitrogen and oxygen atoms in total. The molecule has 1 aromatic carbocycles. The summed E-state index contributed by atoms with van der Waals surface area (Å²) >= 11 is 1.52. The van der Waals surface area contributed by atoms with Crippen LogP contribution in [0.3, 0.4) is 0 Å². The zero-order valence-corrected chi connectivity index (χ0v) is 13.7. The Morgan fingerprint density at radius 1 is 1.21 bits per heavy atom. The second-order valence-corrected chi connectivity index (χ2v) is 7.04. The SMILES string of the molecule is Fc1ccc(C2(c3noc(Cc4cncs4)n3)CCCC2)c(F)c1. The van der Waals surface area contributed by atoms with E-state index in [1.807, 2.05) is 0 Å². The minimum absolute atomic E-state index is 0.451. The van der Waals surface area contributed by atoms with Crippen LogP contribution in [0.5, 0.6) is 0 Å². The Hall–Kier alpha value is -2.15. The summed E-state index contributed by atoms with van der Waals surface area (Å²) in [6, 6.07) is 3.72. The maximum Gasteiger partial charge on any atom is 0.231 e. The van der Waals surface area contributed by atoms with Gasteiger partial charge in [0, 0.05) is 22.7 Å². The predicted octanol–water partition coefficient (Wildman–Crippen LogP) is 4.26. The molecule has 4 rings (SSSR count). The number of aromatic nitrogens is 3. The highest BCUT2D eigenvalue weighted by Crippen LogP contribution is 2.46. The molecule has 2 aromatic heterocycles. The van der Waals surface area contributed by atoms with Crippen molar-refractivity contribution in [3.05, 3.63) is 63.7 Å². The quantitative estimate of drug-likeness (QED) is 0.708. The van der Waals surface area contributed by atoms with Crippen molar-refractivity contribution in [1.29, 1.82) is 0 Å². The highest BCUT2D eigenvalue weighted by atomic mass is 32.1. The summed E-state index contributed by atoms with van der Waals surface area (Å²) in [5, 5.41) is 4.13. The van der Waals surface area contributed by atoms with Gasteiger partial charge in [0.25, 0.3) is 0 Å². The van der Waals surface area contributed by atoms with Gasteiger partial charge in [-0.05, 0) is 18.9 Å². The lowest BCUT2D eigenvalue weighted by molar-refractivity contribution is 0.362. The minimum atomic E-state index is -0.632. The molecule has 2 heterocycles. The topological polar surface area (TPSA) is 51.8 Å². The maximum atomic E-state index is 14.4. The molecule has 0 unspecified atom stereocenters. The summed E-state index contributed by atoms with van der Waals surface area (Å²) in [4.78, 5) is 9.57. The number of thiazole rings is 1. The number of benzene rings is 1. The zero-order valence-electron chi connectivity index (χ0n) is 12.8. The molecule has 1 fully saturated rings. The molecule has 0 N–H and O–H groups in total. The van der Waals surface area contributed by atoms with Crippen LogP contribution in [0.15, 0.2) is 34.4 Å². The monoisotopic (exact) mass is 347 g/mol. The standard InChI is InChI=1S/C17H15F2N3OS/c18-11-3-4-13(14(19)7-11)17(5-1-2-6-17)16-21-15(23-22-16)8-12-9-20-10-24-12/h3-4,7,9-10H,1-2,5-6,8H2. The maximum absolute atomic E-state index is 14.4. The van der Waals surface area contributed by atoms with Crippen LogP contribution < -0.4 is 0 Å². The van der Waals surface area contributed by atoms with Crippen LogP contribution in [0.2, 0.25) is 0 Å². The molecule has 1 aliphatic rings. The molecule has 1 aliphatic carbocycles. The average Bonchev–Trinajstić information content (AvgIpc) is 3.28. The van der Waals surface area contributed by atoms with E-state index in [-0.39, 0.29) is 0 Å². The van der Waals surface area contributed by atoms with Crippen LogP contribution in [0.1, 0.15) is 47.8 Å². The van der Waals surface area contributed by atoms with Crippen molar-refractivity contribution in [3.63, 3.8) is 0 Å². The highest BCUT2D eigenvalue weighted by Gasteiger charge is 2.43. The minimum Gasteiger partial charge on any atom is -0.339 e. The Kier molecular flexibility index (Phi) is 3.88. The van der Waals surface area contributed by atoms with Crippen molar-refractivity contribution in [2.45, 2.75) is 37.5 Å². The number of halogens is 2. The lowest BCUT2D eigenvalue weighted by Crippen LogP contribution is -2.27. The van der Waals surface area contributed by atoms with Gasteiger partial charge in [0.05, 0.1) is 17.3 Å². The van der Waals surface area contributed by atoms with E-state index in [1.165, 1.54) is 23.5 Å². The molecular formula is C17H15F2N3OS. The number of hydrogen-bond donors (Lipinski definition) is 0. The van der Waals surface area contributed by atoms with Crippen molar-refractivity contribution in [2.75, 3.05) is 0 Å². The Morgan fingerprint density at radius 2 is 2.04 bits per heavy atom. The number of hydrogen-bond acceptors (Lipinski definition) is 5. The van der Waals surface area contributed by atoms with E-state index in [1.54, 1.807) is 11.7 Å². The normalized spacial score (nSPS) is 16.6. The molecule has 0 saturated heterocycles. The third-order valence-corrected chi connectivity index (χ3v) is 5.39. The van der Waals surface area contributed by atoms with E-state index < -0.39 is 17.0 Å². The van der Waals surface area contributed by atoms with E-state index >= 15 is 0 Å². The first-order chi connectivity index (χ1) is 11.7. The molecule has 7 heteroatoms. The molecule has 1 saturated carbocycles. The fourth-order valence-corrected chi connectivity index (χ4v) is 4.05. The fourth-order valence-electron chi connectivity index (χ4n) is 3.47. The molecule has 24 heavy (non-hydrogen) atoms. The van der Waals surface area contributed by atoms with Gasteiger partial charge in [0.2, 0.25) is 5.89 Å². The van der Waals surface area contributed by atoms with Crippen molar-refractivity contribution in [2.24, 2.45) is 0 Å². The summed E-state index contributed by atoms with van der Waals surface area (Å²) in [7, 11) is 0. The molecule has 124 valence electrons. The Morgan fingerprint density at radius 3 is 2.75 bits per heavy atom. The average molecular weight is 347 g/mol. The predicted molar refractivity (Wildman–Crippen MR) is 84.8 cm³/mol. The van der Waals surface area contributed by atoms with Gasteiger partial charge >= 0.3 is 0 Å². The van der Waals surface area contributed by atoms with Gasteiger partial charge in [-0.3, -0.25) is 4.98 Å². The second-order valence-electron chi connectivity index (χ2n) is 6.07. The molecular weight excluding hydrogens is 332 g/mol. The Bertz CT molecular complexity index is 841. The van der Waals surface area contributed by atoms with Gasteiger partial charge in [-0.15, -0.1) is 11.3 Å². The van der Waals surface area contributed by atoms with Crippen LogP contribution >= 0.6 is 11.3 Å². The first kappa shape index (κ1) is 15.4. The van der Waals surface area contributed by atoms with Crippen molar-refractivity contribution in [3.8, 4) is 0 Å². The van der Waals surface area contributed by atoms with Crippen molar-refractivity contribution < 1.29 is 13.3 Å². The largest absolute Gasteiger partial charge is 0.339 e. The van der Waals surface area contributed by atoms with Crippen molar-refractivity contribution in [1.82, 2.24) is 15.1 Å². The molecule has 0 bridgehead atoms. The summed E-state index contributed by atoms with van der Waals surface area (Å²) < 4.78 is 33.1. The molecule has 0 aliphatic heterocycles. The first-order valence-corrected chi connectivity index (χ1v) is 8.71. The van der Waals surface area contributed by atoms with Crippen LogP contribution in [0.25, 0.3) is 0 Å². The van der Waals surface area contributed by atoms with E-state index in [0.29, 0.717) is 23.7 Å². The molecule has 0 spiro atoms. The van der Waals surface area contributed by atoms with E-state index in [2.05, 4.69) is 15.1 Å². The van der Waals surface area contributed by atoms with Crippen LogP contribution in [-0.4, -0.2) is 15.1 Å². The lowest BCUT2D eigenvalue weighted by Gasteiger charge is -2.26. The van der Waals surface area contributed by atoms with Gasteiger partial charge in [-0.2, -0.15) is 4.98 Å². The van der Waals surface area contributed by atoms with Gasteiger partial charge in [0.1, 0.15) is 11.6 Å². The first-order valence-electron chi connectivity index (χ1n) is 7.83. The molecule has 0 amide bonds. The van der Waals surface area contributed by atoms with Crippen LogP contribution in [-0.2, 0) is 11.8 Å². The van der Waals surface area contributed by atoms with Crippen LogP contribution in [0.4, 0.5) is 8.78 Å². The van der Waals surface area contributed by atoms with Gasteiger partial charge in [-0.25, -0.2) is 8.78 Å². The second kappa shape index (κ2) is 6.05. The molecule has 3 aromatic rings. The summed E-state index contributed by atoms with van der Waals surface area (Å²) in [6.45, 7) is 0. The third kappa shape index (κ3) is 2.62.